The van der Waals surface area contributed by atoms with Crippen LogP contribution < -0.4 is 10.6 Å². The molecule has 0 saturated carbocycles. The van der Waals surface area contributed by atoms with Gasteiger partial charge in [-0.1, -0.05) is 13.8 Å². The summed E-state index contributed by atoms with van der Waals surface area (Å²) in [4.78, 5) is 8.57. The molecule has 26 heavy (non-hydrogen) atoms. The Balaban J connectivity index is 0.00000338. The predicted molar refractivity (Wildman–Crippen MR) is 115 cm³/mol. The van der Waals surface area contributed by atoms with Gasteiger partial charge in [0.1, 0.15) is 0 Å². The van der Waals surface area contributed by atoms with Crippen LogP contribution in [0.4, 0.5) is 0 Å². The number of hydrogen-bond donors (Lipinski definition) is 2. The van der Waals surface area contributed by atoms with Gasteiger partial charge in [0, 0.05) is 51.9 Å². The smallest absolute Gasteiger partial charge is 0.191 e. The van der Waals surface area contributed by atoms with Crippen molar-refractivity contribution in [2.24, 2.45) is 10.9 Å². The minimum Gasteiger partial charge on any atom is -0.381 e. The number of nitrogens with zero attached hydrogens (tertiary/aromatic N) is 4. The van der Waals surface area contributed by atoms with Crippen LogP contribution in [0.25, 0.3) is 5.82 Å². The van der Waals surface area contributed by atoms with E-state index in [1.54, 1.807) is 24.1 Å². The van der Waals surface area contributed by atoms with Crippen LogP contribution in [0, 0.1) is 5.92 Å². The molecule has 0 aliphatic carbocycles. The molecule has 0 radical (unpaired) electrons. The summed E-state index contributed by atoms with van der Waals surface area (Å²) in [5, 5.41) is 10.8. The van der Waals surface area contributed by atoms with Crippen molar-refractivity contribution in [1.82, 2.24) is 25.4 Å². The molecule has 2 heterocycles. The van der Waals surface area contributed by atoms with Crippen molar-refractivity contribution in [2.45, 2.75) is 26.8 Å². The first-order chi connectivity index (χ1) is 12.2. The Morgan fingerprint density at radius 2 is 2.15 bits per heavy atom. The van der Waals surface area contributed by atoms with E-state index in [0.717, 1.165) is 43.5 Å². The third kappa shape index (κ3) is 8.13. The van der Waals surface area contributed by atoms with Crippen LogP contribution in [0.5, 0.6) is 0 Å². The van der Waals surface area contributed by atoms with Crippen LogP contribution in [0.15, 0.2) is 41.8 Å². The quantitative estimate of drug-likeness (QED) is 0.254. The van der Waals surface area contributed by atoms with E-state index in [1.165, 1.54) is 0 Å². The van der Waals surface area contributed by atoms with Crippen LogP contribution in [-0.2, 0) is 11.3 Å². The van der Waals surface area contributed by atoms with Crippen molar-refractivity contribution in [3.8, 4) is 5.82 Å². The molecule has 0 spiro atoms. The maximum Gasteiger partial charge on any atom is 0.191 e. The van der Waals surface area contributed by atoms with E-state index in [4.69, 9.17) is 4.74 Å². The Morgan fingerprint density at radius 1 is 1.31 bits per heavy atom. The van der Waals surface area contributed by atoms with Gasteiger partial charge < -0.3 is 15.4 Å². The number of ether oxygens (including phenoxy) is 1. The highest BCUT2D eigenvalue weighted by molar-refractivity contribution is 14.0. The van der Waals surface area contributed by atoms with Crippen LogP contribution >= 0.6 is 24.0 Å². The molecule has 8 heteroatoms. The summed E-state index contributed by atoms with van der Waals surface area (Å²) in [5.74, 6) is 2.16. The summed E-state index contributed by atoms with van der Waals surface area (Å²) in [7, 11) is 1.77. The van der Waals surface area contributed by atoms with Gasteiger partial charge in [-0.15, -0.1) is 24.0 Å². The van der Waals surface area contributed by atoms with Crippen molar-refractivity contribution in [1.29, 1.82) is 0 Å². The van der Waals surface area contributed by atoms with Crippen LogP contribution in [0.3, 0.4) is 0 Å². The molecule has 144 valence electrons. The van der Waals surface area contributed by atoms with Crippen molar-refractivity contribution in [3.63, 3.8) is 0 Å². The Morgan fingerprint density at radius 3 is 2.85 bits per heavy atom. The molecule has 0 amide bonds. The lowest BCUT2D eigenvalue weighted by Gasteiger charge is -2.13. The molecular weight excluding hydrogens is 443 g/mol. The number of aromatic nitrogens is 3. The van der Waals surface area contributed by atoms with E-state index in [-0.39, 0.29) is 24.0 Å². The van der Waals surface area contributed by atoms with Crippen molar-refractivity contribution < 1.29 is 4.74 Å². The molecule has 0 aromatic carbocycles. The highest BCUT2D eigenvalue weighted by atomic mass is 127. The lowest BCUT2D eigenvalue weighted by Crippen LogP contribution is -2.37. The zero-order chi connectivity index (χ0) is 17.9. The molecule has 0 bridgehead atoms. The molecule has 0 aliphatic rings. The van der Waals surface area contributed by atoms with Crippen molar-refractivity contribution in [3.05, 3.63) is 42.4 Å². The molecule has 2 aromatic heterocycles. The Kier molecular flexibility index (Phi) is 10.9. The lowest BCUT2D eigenvalue weighted by atomic mass is 10.2. The monoisotopic (exact) mass is 472 g/mol. The average molecular weight is 472 g/mol. The topological polar surface area (TPSA) is 76.4 Å². The third-order valence-corrected chi connectivity index (χ3v) is 3.44. The normalized spacial score (nSPS) is 11.3. The summed E-state index contributed by atoms with van der Waals surface area (Å²) >= 11 is 0. The molecule has 0 aliphatic heterocycles. The zero-order valence-corrected chi connectivity index (χ0v) is 18.0. The number of aliphatic imine (C=N–C) groups is 1. The number of halogens is 1. The standard InChI is InChI=1S/C18H28N6O.HI/c1-15(2)14-25-11-5-7-21-18(19-3)22-13-16-6-9-20-17(12-16)24-10-4-8-23-24;/h4,6,8-10,12,15H,5,7,11,13-14H2,1-3H3,(H2,19,21,22);1H. The van der Waals surface area contributed by atoms with Crippen LogP contribution in [0.2, 0.25) is 0 Å². The Labute approximate surface area is 172 Å². The fourth-order valence-electron chi connectivity index (χ4n) is 2.21. The van der Waals surface area contributed by atoms with Gasteiger partial charge in [0.15, 0.2) is 11.8 Å². The van der Waals surface area contributed by atoms with Gasteiger partial charge in [0.05, 0.1) is 0 Å². The SMILES string of the molecule is CN=C(NCCCOCC(C)C)NCc1ccnc(-n2cccn2)c1.I. The summed E-state index contributed by atoms with van der Waals surface area (Å²) in [6.07, 6.45) is 6.35. The number of guanidine groups is 1. The zero-order valence-electron chi connectivity index (χ0n) is 15.7. The molecule has 2 rings (SSSR count). The fourth-order valence-corrected chi connectivity index (χ4v) is 2.21. The van der Waals surface area contributed by atoms with E-state index in [9.17, 15) is 0 Å². The third-order valence-electron chi connectivity index (χ3n) is 3.44. The molecule has 2 aromatic rings. The van der Waals surface area contributed by atoms with E-state index < -0.39 is 0 Å². The van der Waals surface area contributed by atoms with Gasteiger partial charge in [-0.05, 0) is 36.1 Å². The summed E-state index contributed by atoms with van der Waals surface area (Å²) in [5.41, 5.74) is 1.11. The molecule has 0 atom stereocenters. The maximum absolute atomic E-state index is 5.57. The van der Waals surface area contributed by atoms with Gasteiger partial charge in [-0.3, -0.25) is 4.99 Å². The second-order valence-corrected chi connectivity index (χ2v) is 6.15. The number of hydrogen-bond acceptors (Lipinski definition) is 4. The lowest BCUT2D eigenvalue weighted by molar-refractivity contribution is 0.108. The largest absolute Gasteiger partial charge is 0.381 e. The van der Waals surface area contributed by atoms with E-state index >= 15 is 0 Å². The highest BCUT2D eigenvalue weighted by Crippen LogP contribution is 2.05. The first-order valence-electron chi connectivity index (χ1n) is 8.66. The fraction of sp³-hybridized carbons (Fsp3) is 0.500. The van der Waals surface area contributed by atoms with E-state index in [2.05, 4.69) is 39.6 Å². The second kappa shape index (κ2) is 12.6. The first kappa shape index (κ1) is 22.4. The van der Waals surface area contributed by atoms with Gasteiger partial charge in [0.2, 0.25) is 0 Å². The molecule has 0 unspecified atom stereocenters. The number of nitrogens with one attached hydrogen (secondary N) is 2. The molecular formula is C18H29IN6O. The average Bonchev–Trinajstić information content (AvgIpc) is 3.15. The number of rotatable bonds is 9. The molecule has 2 N–H and O–H groups in total. The molecule has 0 saturated heterocycles. The van der Waals surface area contributed by atoms with Gasteiger partial charge in [-0.25, -0.2) is 9.67 Å². The van der Waals surface area contributed by atoms with Crippen LogP contribution in [-0.4, -0.2) is 47.5 Å². The predicted octanol–water partition coefficient (Wildman–Crippen LogP) is 2.61. The second-order valence-electron chi connectivity index (χ2n) is 6.15. The Bertz CT molecular complexity index is 645. The van der Waals surface area contributed by atoms with Gasteiger partial charge in [-0.2, -0.15) is 5.10 Å². The highest BCUT2D eigenvalue weighted by Gasteiger charge is 2.02. The van der Waals surface area contributed by atoms with Gasteiger partial charge in [0.25, 0.3) is 0 Å². The first-order valence-corrected chi connectivity index (χ1v) is 8.66. The van der Waals surface area contributed by atoms with Gasteiger partial charge >= 0.3 is 0 Å². The van der Waals surface area contributed by atoms with Crippen LogP contribution in [0.1, 0.15) is 25.8 Å². The van der Waals surface area contributed by atoms with Crippen molar-refractivity contribution >= 4 is 29.9 Å². The van der Waals surface area contributed by atoms with E-state index in [1.807, 2.05) is 24.4 Å². The summed E-state index contributed by atoms with van der Waals surface area (Å²) in [6, 6.07) is 5.86. The number of pyridine rings is 1. The molecule has 0 fully saturated rings. The minimum absolute atomic E-state index is 0. The summed E-state index contributed by atoms with van der Waals surface area (Å²) < 4.78 is 7.32. The Hall–Kier alpha value is -1.68. The molecule has 7 nitrogen and oxygen atoms in total. The van der Waals surface area contributed by atoms with Crippen molar-refractivity contribution in [2.75, 3.05) is 26.8 Å². The summed E-state index contributed by atoms with van der Waals surface area (Å²) in [6.45, 7) is 7.38. The maximum atomic E-state index is 5.57. The van der Waals surface area contributed by atoms with E-state index in [0.29, 0.717) is 12.5 Å². The minimum atomic E-state index is 0.